The molecule has 0 spiro atoms. The van der Waals surface area contributed by atoms with Crippen molar-refractivity contribution in [1.82, 2.24) is 0 Å². The van der Waals surface area contributed by atoms with E-state index in [1.165, 1.54) is 30.4 Å². The molecule has 1 atom stereocenters. The lowest BCUT2D eigenvalue weighted by Gasteiger charge is -2.13. The van der Waals surface area contributed by atoms with Gasteiger partial charge < -0.3 is 9.73 Å². The Labute approximate surface area is 109 Å². The molecule has 2 rings (SSSR count). The first-order chi connectivity index (χ1) is 8.79. The van der Waals surface area contributed by atoms with E-state index in [0.717, 1.165) is 5.69 Å². The summed E-state index contributed by atoms with van der Waals surface area (Å²) >= 11 is 0. The van der Waals surface area contributed by atoms with Crippen molar-refractivity contribution in [2.45, 2.75) is 39.2 Å². The van der Waals surface area contributed by atoms with Gasteiger partial charge in [-0.2, -0.15) is 0 Å². The smallest absolute Gasteiger partial charge is 0.0955 e. The first kappa shape index (κ1) is 12.7. The second kappa shape index (κ2) is 6.29. The number of furan rings is 1. The van der Waals surface area contributed by atoms with Gasteiger partial charge in [0, 0.05) is 11.3 Å². The number of anilines is 1. The summed E-state index contributed by atoms with van der Waals surface area (Å²) < 4.78 is 5.10. The van der Waals surface area contributed by atoms with E-state index in [4.69, 9.17) is 4.42 Å². The minimum absolute atomic E-state index is 0.269. The van der Waals surface area contributed by atoms with Gasteiger partial charge in [-0.1, -0.05) is 25.5 Å². The zero-order chi connectivity index (χ0) is 12.8. The average Bonchev–Trinajstić information content (AvgIpc) is 2.92. The minimum atomic E-state index is 0.269. The number of rotatable bonds is 6. The lowest BCUT2D eigenvalue weighted by molar-refractivity contribution is 0.562. The first-order valence-electron chi connectivity index (χ1n) is 6.67. The molecule has 0 aliphatic rings. The molecule has 0 saturated carbocycles. The van der Waals surface area contributed by atoms with Crippen LogP contribution in [0.3, 0.4) is 0 Å². The lowest BCUT2D eigenvalue weighted by Crippen LogP contribution is -2.05. The van der Waals surface area contributed by atoms with Crippen molar-refractivity contribution < 1.29 is 4.42 Å². The van der Waals surface area contributed by atoms with Crippen LogP contribution in [0.25, 0.3) is 0 Å². The van der Waals surface area contributed by atoms with Crippen LogP contribution >= 0.6 is 0 Å². The summed E-state index contributed by atoms with van der Waals surface area (Å²) in [6.07, 6.45) is 7.18. The van der Waals surface area contributed by atoms with Crippen molar-refractivity contribution in [3.63, 3.8) is 0 Å². The number of benzene rings is 1. The van der Waals surface area contributed by atoms with E-state index in [0.29, 0.717) is 0 Å². The van der Waals surface area contributed by atoms with Gasteiger partial charge in [0.25, 0.3) is 0 Å². The quantitative estimate of drug-likeness (QED) is 0.788. The normalized spacial score (nSPS) is 12.3. The van der Waals surface area contributed by atoms with E-state index in [1.807, 2.05) is 6.07 Å². The van der Waals surface area contributed by atoms with Gasteiger partial charge >= 0.3 is 0 Å². The number of unbranched alkanes of at least 4 members (excludes halogenated alkanes) is 1. The molecule has 2 nitrogen and oxygen atoms in total. The molecular formula is C16H21NO. The molecule has 1 aromatic heterocycles. The third-order valence-electron chi connectivity index (χ3n) is 3.20. The highest BCUT2D eigenvalue weighted by Gasteiger charge is 2.05. The fraction of sp³-hybridized carbons (Fsp3) is 0.375. The number of hydrogen-bond donors (Lipinski definition) is 1. The van der Waals surface area contributed by atoms with Crippen LogP contribution in [-0.2, 0) is 6.42 Å². The van der Waals surface area contributed by atoms with Crippen molar-refractivity contribution in [3.8, 4) is 0 Å². The lowest BCUT2D eigenvalue weighted by atomic mass is 10.1. The van der Waals surface area contributed by atoms with Crippen LogP contribution in [0.5, 0.6) is 0 Å². The molecule has 0 amide bonds. The monoisotopic (exact) mass is 243 g/mol. The highest BCUT2D eigenvalue weighted by Crippen LogP contribution is 2.20. The predicted octanol–water partition coefficient (Wildman–Crippen LogP) is 4.80. The maximum Gasteiger partial charge on any atom is 0.0955 e. The summed E-state index contributed by atoms with van der Waals surface area (Å²) in [6.45, 7) is 4.36. The van der Waals surface area contributed by atoms with Crippen LogP contribution < -0.4 is 5.32 Å². The van der Waals surface area contributed by atoms with Gasteiger partial charge in [-0.05, 0) is 43.5 Å². The molecule has 2 aromatic rings. The summed E-state index contributed by atoms with van der Waals surface area (Å²) in [5.74, 6) is 0. The fourth-order valence-corrected chi connectivity index (χ4v) is 2.00. The largest absolute Gasteiger partial charge is 0.472 e. The number of aryl methyl sites for hydroxylation is 1. The van der Waals surface area contributed by atoms with E-state index >= 15 is 0 Å². The molecule has 96 valence electrons. The zero-order valence-corrected chi connectivity index (χ0v) is 11.1. The predicted molar refractivity (Wildman–Crippen MR) is 75.8 cm³/mol. The molecule has 0 aliphatic heterocycles. The highest BCUT2D eigenvalue weighted by atomic mass is 16.3. The van der Waals surface area contributed by atoms with Crippen LogP contribution in [0, 0.1) is 0 Å². The molecule has 0 bridgehead atoms. The Morgan fingerprint density at radius 2 is 1.94 bits per heavy atom. The van der Waals surface area contributed by atoms with Gasteiger partial charge in [0.1, 0.15) is 0 Å². The van der Waals surface area contributed by atoms with Crippen LogP contribution in [0.4, 0.5) is 5.69 Å². The Morgan fingerprint density at radius 3 is 2.56 bits per heavy atom. The van der Waals surface area contributed by atoms with Crippen LogP contribution in [0.2, 0.25) is 0 Å². The van der Waals surface area contributed by atoms with Crippen LogP contribution in [0.1, 0.15) is 43.9 Å². The molecule has 1 heterocycles. The number of nitrogens with one attached hydrogen (secondary N) is 1. The van der Waals surface area contributed by atoms with Gasteiger partial charge in [0.2, 0.25) is 0 Å². The van der Waals surface area contributed by atoms with Crippen molar-refractivity contribution >= 4 is 5.69 Å². The van der Waals surface area contributed by atoms with Gasteiger partial charge in [0.05, 0.1) is 18.6 Å². The zero-order valence-electron chi connectivity index (χ0n) is 11.1. The van der Waals surface area contributed by atoms with E-state index in [9.17, 15) is 0 Å². The standard InChI is InChI=1S/C16H21NO/c1-3-4-5-14-6-8-16(9-7-14)17-13(2)15-10-11-18-12-15/h6-13,17H,3-5H2,1-2H3. The number of hydrogen-bond acceptors (Lipinski definition) is 2. The maximum atomic E-state index is 5.10. The molecule has 18 heavy (non-hydrogen) atoms. The molecule has 0 radical (unpaired) electrons. The Bertz CT molecular complexity index is 444. The third-order valence-corrected chi connectivity index (χ3v) is 3.20. The van der Waals surface area contributed by atoms with Crippen molar-refractivity contribution in [2.24, 2.45) is 0 Å². The second-order valence-electron chi connectivity index (χ2n) is 4.72. The van der Waals surface area contributed by atoms with E-state index in [1.54, 1.807) is 12.5 Å². The minimum Gasteiger partial charge on any atom is -0.472 e. The highest BCUT2D eigenvalue weighted by molar-refractivity contribution is 5.46. The Kier molecular flexibility index (Phi) is 4.46. The van der Waals surface area contributed by atoms with Gasteiger partial charge in [-0.3, -0.25) is 0 Å². The topological polar surface area (TPSA) is 25.2 Å². The van der Waals surface area contributed by atoms with Crippen molar-refractivity contribution in [3.05, 3.63) is 54.0 Å². The van der Waals surface area contributed by atoms with E-state index in [2.05, 4.69) is 43.4 Å². The molecular weight excluding hydrogens is 222 g/mol. The first-order valence-corrected chi connectivity index (χ1v) is 6.67. The average molecular weight is 243 g/mol. The van der Waals surface area contributed by atoms with Crippen LogP contribution in [0.15, 0.2) is 47.3 Å². The molecule has 1 aromatic carbocycles. The molecule has 2 heteroatoms. The Morgan fingerprint density at radius 1 is 1.17 bits per heavy atom. The molecule has 1 N–H and O–H groups in total. The molecule has 0 fully saturated rings. The molecule has 1 unspecified atom stereocenters. The van der Waals surface area contributed by atoms with Gasteiger partial charge in [-0.15, -0.1) is 0 Å². The Balaban J connectivity index is 1.93. The summed E-state index contributed by atoms with van der Waals surface area (Å²) in [4.78, 5) is 0. The fourth-order valence-electron chi connectivity index (χ4n) is 2.00. The van der Waals surface area contributed by atoms with Crippen molar-refractivity contribution in [1.29, 1.82) is 0 Å². The summed E-state index contributed by atoms with van der Waals surface area (Å²) in [7, 11) is 0. The maximum absolute atomic E-state index is 5.10. The molecule has 0 aliphatic carbocycles. The van der Waals surface area contributed by atoms with Crippen molar-refractivity contribution in [2.75, 3.05) is 5.32 Å². The van der Waals surface area contributed by atoms with Crippen LogP contribution in [-0.4, -0.2) is 0 Å². The van der Waals surface area contributed by atoms with Gasteiger partial charge in [0.15, 0.2) is 0 Å². The van der Waals surface area contributed by atoms with E-state index in [-0.39, 0.29) is 6.04 Å². The molecule has 0 saturated heterocycles. The SMILES string of the molecule is CCCCc1ccc(NC(C)c2ccoc2)cc1. The third kappa shape index (κ3) is 3.39. The second-order valence-corrected chi connectivity index (χ2v) is 4.72. The summed E-state index contributed by atoms with van der Waals surface area (Å²) in [5.41, 5.74) is 3.74. The summed E-state index contributed by atoms with van der Waals surface area (Å²) in [5, 5.41) is 3.47. The van der Waals surface area contributed by atoms with E-state index < -0.39 is 0 Å². The van der Waals surface area contributed by atoms with Gasteiger partial charge in [-0.25, -0.2) is 0 Å². The Hall–Kier alpha value is -1.70. The summed E-state index contributed by atoms with van der Waals surface area (Å²) in [6, 6.07) is 11.0.